The molecule has 140 valence electrons. The molecule has 0 amide bonds. The molecule has 1 saturated heterocycles. The smallest absolute Gasteiger partial charge is 0.309 e. The SMILES string of the molecule is CC[C@H]1Cc2cc(O)ccc2[C@H]2CC[C@@]3(C)[C@@H](CC4OC(=O)C[C@@]43O)[C@H]12. The van der Waals surface area contributed by atoms with E-state index in [2.05, 4.69) is 19.9 Å². The molecule has 7 atom stereocenters. The van der Waals surface area contributed by atoms with Crippen LogP contribution in [0.3, 0.4) is 0 Å². The molecule has 26 heavy (non-hydrogen) atoms. The van der Waals surface area contributed by atoms with Crippen LogP contribution in [-0.4, -0.2) is 27.9 Å². The standard InChI is InChI=1S/C22H28O4/c1-3-12-8-13-9-14(23)4-5-15(13)16-6-7-21(2)17(20(12)16)10-18-22(21,25)11-19(24)26-18/h4-5,9,12,16-18,20,23,25H,3,6-8,10-11H2,1-2H3/t12-,16+,17-,18?,20+,21-,22+/m0/s1. The van der Waals surface area contributed by atoms with Crippen molar-refractivity contribution >= 4 is 5.97 Å². The third-order valence-corrected chi connectivity index (χ3v) is 8.48. The number of hydrogen-bond donors (Lipinski definition) is 2. The molecule has 1 aromatic carbocycles. The zero-order valence-corrected chi connectivity index (χ0v) is 15.6. The van der Waals surface area contributed by atoms with E-state index >= 15 is 0 Å². The highest BCUT2D eigenvalue weighted by Crippen LogP contribution is 2.67. The number of aliphatic hydroxyl groups is 1. The minimum absolute atomic E-state index is 0.156. The number of fused-ring (bicyclic) bond motifs is 7. The molecule has 1 unspecified atom stereocenters. The van der Waals surface area contributed by atoms with Gasteiger partial charge >= 0.3 is 5.97 Å². The highest BCUT2D eigenvalue weighted by atomic mass is 16.6. The highest BCUT2D eigenvalue weighted by Gasteiger charge is 2.70. The van der Waals surface area contributed by atoms with Crippen molar-refractivity contribution in [2.24, 2.45) is 23.2 Å². The molecule has 1 aromatic rings. The molecule has 1 aliphatic heterocycles. The highest BCUT2D eigenvalue weighted by molar-refractivity contribution is 5.74. The number of phenols is 1. The Morgan fingerprint density at radius 3 is 2.92 bits per heavy atom. The quantitative estimate of drug-likeness (QED) is 0.755. The minimum atomic E-state index is -0.993. The average Bonchev–Trinajstić information content (AvgIpc) is 3.01. The first-order chi connectivity index (χ1) is 12.4. The van der Waals surface area contributed by atoms with Gasteiger partial charge in [-0.15, -0.1) is 0 Å². The van der Waals surface area contributed by atoms with E-state index < -0.39 is 5.60 Å². The molecule has 4 aliphatic rings. The van der Waals surface area contributed by atoms with E-state index in [1.807, 2.05) is 12.1 Å². The number of benzene rings is 1. The van der Waals surface area contributed by atoms with Gasteiger partial charge in [0.1, 0.15) is 17.5 Å². The average molecular weight is 356 g/mol. The fraction of sp³-hybridized carbons (Fsp3) is 0.682. The molecule has 5 rings (SSSR count). The van der Waals surface area contributed by atoms with E-state index in [0.29, 0.717) is 29.4 Å². The third-order valence-electron chi connectivity index (χ3n) is 8.48. The maximum atomic E-state index is 11.9. The van der Waals surface area contributed by atoms with E-state index in [1.54, 1.807) is 0 Å². The lowest BCUT2D eigenvalue weighted by molar-refractivity contribution is -0.142. The van der Waals surface area contributed by atoms with Crippen molar-refractivity contribution in [3.8, 4) is 5.75 Å². The lowest BCUT2D eigenvalue weighted by Crippen LogP contribution is -2.53. The molecule has 0 radical (unpaired) electrons. The molecule has 3 aliphatic carbocycles. The first-order valence-electron chi connectivity index (χ1n) is 10.1. The fourth-order valence-corrected chi connectivity index (χ4v) is 7.15. The van der Waals surface area contributed by atoms with Crippen molar-refractivity contribution in [3.05, 3.63) is 29.3 Å². The van der Waals surface area contributed by atoms with Gasteiger partial charge < -0.3 is 14.9 Å². The van der Waals surface area contributed by atoms with Gasteiger partial charge in [-0.1, -0.05) is 26.3 Å². The number of esters is 1. The lowest BCUT2D eigenvalue weighted by Gasteiger charge is -2.54. The largest absolute Gasteiger partial charge is 0.508 e. The molecular formula is C22H28O4. The van der Waals surface area contributed by atoms with Gasteiger partial charge in [0.25, 0.3) is 0 Å². The van der Waals surface area contributed by atoms with Gasteiger partial charge in [0, 0.05) is 5.41 Å². The predicted octanol–water partition coefficient (Wildman–Crippen LogP) is 3.54. The van der Waals surface area contributed by atoms with Crippen molar-refractivity contribution in [2.45, 2.75) is 70.0 Å². The topological polar surface area (TPSA) is 66.8 Å². The van der Waals surface area contributed by atoms with E-state index in [9.17, 15) is 15.0 Å². The van der Waals surface area contributed by atoms with Crippen LogP contribution in [0.15, 0.2) is 18.2 Å². The summed E-state index contributed by atoms with van der Waals surface area (Å²) in [6.07, 6.45) is 4.69. The van der Waals surface area contributed by atoms with Crippen LogP contribution < -0.4 is 0 Å². The molecule has 2 saturated carbocycles. The van der Waals surface area contributed by atoms with Crippen LogP contribution in [-0.2, 0) is 16.0 Å². The second-order valence-electron chi connectivity index (χ2n) is 9.32. The first-order valence-corrected chi connectivity index (χ1v) is 10.1. The minimum Gasteiger partial charge on any atom is -0.508 e. The number of carbonyl (C=O) groups excluding carboxylic acids is 1. The molecule has 4 nitrogen and oxygen atoms in total. The van der Waals surface area contributed by atoms with Crippen molar-refractivity contribution in [2.75, 3.05) is 0 Å². The van der Waals surface area contributed by atoms with Gasteiger partial charge in [0.05, 0.1) is 6.42 Å². The molecule has 1 heterocycles. The maximum Gasteiger partial charge on any atom is 0.309 e. The van der Waals surface area contributed by atoms with Crippen LogP contribution in [0.25, 0.3) is 0 Å². The van der Waals surface area contributed by atoms with E-state index in [-0.39, 0.29) is 23.9 Å². The van der Waals surface area contributed by atoms with Gasteiger partial charge in [0.15, 0.2) is 0 Å². The summed E-state index contributed by atoms with van der Waals surface area (Å²) >= 11 is 0. The number of phenolic OH excluding ortho intramolecular Hbond substituents is 1. The Labute approximate surface area is 154 Å². The monoisotopic (exact) mass is 356 g/mol. The summed E-state index contributed by atoms with van der Waals surface area (Å²) in [7, 11) is 0. The Bertz CT molecular complexity index is 773. The zero-order chi connectivity index (χ0) is 18.3. The molecule has 0 bridgehead atoms. The van der Waals surface area contributed by atoms with Crippen molar-refractivity contribution in [1.82, 2.24) is 0 Å². The molecule has 3 fully saturated rings. The Kier molecular flexibility index (Phi) is 3.35. The van der Waals surface area contributed by atoms with Crippen molar-refractivity contribution in [1.29, 1.82) is 0 Å². The Morgan fingerprint density at radius 1 is 1.35 bits per heavy atom. The van der Waals surface area contributed by atoms with Crippen LogP contribution in [0.1, 0.15) is 63.0 Å². The van der Waals surface area contributed by atoms with Crippen LogP contribution >= 0.6 is 0 Å². The summed E-state index contributed by atoms with van der Waals surface area (Å²) < 4.78 is 5.56. The summed E-state index contributed by atoms with van der Waals surface area (Å²) in [5.41, 5.74) is 1.45. The normalized spacial score (nSPS) is 46.1. The number of rotatable bonds is 1. The lowest BCUT2D eigenvalue weighted by atomic mass is 9.50. The molecule has 2 N–H and O–H groups in total. The molecule has 4 heteroatoms. The van der Waals surface area contributed by atoms with Crippen molar-refractivity contribution < 1.29 is 19.7 Å². The van der Waals surface area contributed by atoms with Gasteiger partial charge in [-0.2, -0.15) is 0 Å². The Hall–Kier alpha value is -1.55. The van der Waals surface area contributed by atoms with Crippen LogP contribution in [0.4, 0.5) is 0 Å². The number of hydrogen-bond acceptors (Lipinski definition) is 4. The maximum absolute atomic E-state index is 11.9. The first kappa shape index (κ1) is 16.6. The Morgan fingerprint density at radius 2 is 2.15 bits per heavy atom. The van der Waals surface area contributed by atoms with Crippen LogP contribution in [0.2, 0.25) is 0 Å². The van der Waals surface area contributed by atoms with Gasteiger partial charge in [0.2, 0.25) is 0 Å². The summed E-state index contributed by atoms with van der Waals surface area (Å²) in [4.78, 5) is 11.9. The van der Waals surface area contributed by atoms with Crippen LogP contribution in [0.5, 0.6) is 5.75 Å². The van der Waals surface area contributed by atoms with Gasteiger partial charge in [-0.05, 0) is 72.6 Å². The van der Waals surface area contributed by atoms with Gasteiger partial charge in [-0.25, -0.2) is 0 Å². The summed E-state index contributed by atoms with van der Waals surface area (Å²) in [5, 5.41) is 21.4. The molecule has 0 aromatic heterocycles. The second kappa shape index (κ2) is 5.25. The number of aromatic hydroxyl groups is 1. The van der Waals surface area contributed by atoms with E-state index in [1.165, 1.54) is 11.1 Å². The summed E-state index contributed by atoms with van der Waals surface area (Å²) in [5.74, 6) is 2.06. The van der Waals surface area contributed by atoms with Crippen LogP contribution in [0, 0.1) is 23.2 Å². The summed E-state index contributed by atoms with van der Waals surface area (Å²) in [6.45, 7) is 4.46. The number of carbonyl (C=O) groups is 1. The molecule has 0 spiro atoms. The fourth-order valence-electron chi connectivity index (χ4n) is 7.15. The van der Waals surface area contributed by atoms with Crippen molar-refractivity contribution in [3.63, 3.8) is 0 Å². The van der Waals surface area contributed by atoms with E-state index in [0.717, 1.165) is 32.1 Å². The number of ether oxygens (including phenoxy) is 1. The second-order valence-corrected chi connectivity index (χ2v) is 9.32. The summed E-state index contributed by atoms with van der Waals surface area (Å²) in [6, 6.07) is 5.87. The molecular weight excluding hydrogens is 328 g/mol. The van der Waals surface area contributed by atoms with Gasteiger partial charge in [-0.3, -0.25) is 4.79 Å². The predicted molar refractivity (Wildman–Crippen MR) is 96.7 cm³/mol. The van der Waals surface area contributed by atoms with E-state index in [4.69, 9.17) is 4.74 Å². The zero-order valence-electron chi connectivity index (χ0n) is 15.6. The third kappa shape index (κ3) is 1.91. The Balaban J connectivity index is 1.58.